The first kappa shape index (κ1) is 31.7. The SMILES string of the molecule is CC(=O)c1ccc(Br)cc1.Cc1cc(-c2ccc(Br)cc2)cc(-c2ccc(Br)cc2)[o+]1.FB(F)F.[F-]. The van der Waals surface area contributed by atoms with E-state index < -0.39 is 7.54 Å². The molecule has 1 heterocycles. The number of hydrogen-bond acceptors (Lipinski definition) is 1. The van der Waals surface area contributed by atoms with E-state index in [1.54, 1.807) is 19.1 Å². The fourth-order valence-electron chi connectivity index (χ4n) is 2.88. The predicted molar refractivity (Wildman–Crippen MR) is 147 cm³/mol. The number of ketones is 1. The van der Waals surface area contributed by atoms with Crippen LogP contribution in [-0.2, 0) is 0 Å². The van der Waals surface area contributed by atoms with Gasteiger partial charge in [-0.3, -0.25) is 17.7 Å². The summed E-state index contributed by atoms with van der Waals surface area (Å²) in [5.41, 5.74) is 4.16. The third kappa shape index (κ3) is 11.2. The molecule has 1 aromatic heterocycles. The Bertz CT molecular complexity index is 1170. The number of carbonyl (C=O) groups is 1. The van der Waals surface area contributed by atoms with E-state index in [0.717, 1.165) is 41.6 Å². The van der Waals surface area contributed by atoms with Gasteiger partial charge in [0, 0.05) is 30.6 Å². The van der Waals surface area contributed by atoms with E-state index in [2.05, 4.69) is 72.1 Å². The van der Waals surface area contributed by atoms with Crippen LogP contribution in [0.3, 0.4) is 0 Å². The minimum absolute atomic E-state index is 0. The number of benzene rings is 3. The molecule has 10 heteroatoms. The zero-order valence-corrected chi connectivity index (χ0v) is 23.9. The Morgan fingerprint density at radius 3 is 1.50 bits per heavy atom. The van der Waals surface area contributed by atoms with E-state index in [1.165, 1.54) is 5.56 Å². The molecule has 0 N–H and O–H groups in total. The van der Waals surface area contributed by atoms with Crippen LogP contribution in [0.15, 0.2) is 103 Å². The van der Waals surface area contributed by atoms with E-state index >= 15 is 0 Å². The van der Waals surface area contributed by atoms with Crippen LogP contribution < -0.4 is 4.70 Å². The summed E-state index contributed by atoms with van der Waals surface area (Å²) in [7, 11) is -3.67. The summed E-state index contributed by atoms with van der Waals surface area (Å²) in [5.74, 6) is 1.88. The highest BCUT2D eigenvalue weighted by Gasteiger charge is 2.16. The molecule has 0 fully saturated rings. The van der Waals surface area contributed by atoms with Gasteiger partial charge in [-0.05, 0) is 61.0 Å². The lowest BCUT2D eigenvalue weighted by Crippen LogP contribution is -3.00. The van der Waals surface area contributed by atoms with Gasteiger partial charge in [0.25, 0.3) is 0 Å². The van der Waals surface area contributed by atoms with E-state index in [9.17, 15) is 17.7 Å². The zero-order chi connectivity index (χ0) is 26.0. The fourth-order valence-corrected chi connectivity index (χ4v) is 3.68. The van der Waals surface area contributed by atoms with Crippen molar-refractivity contribution < 1.29 is 26.9 Å². The number of Topliss-reactive ketones (excluding diaryl/α,β-unsaturated/α-hetero) is 1. The number of rotatable bonds is 3. The average molecular weight is 691 g/mol. The molecule has 0 saturated carbocycles. The number of carbonyl (C=O) groups excluding carboxylic acids is 1. The lowest BCUT2D eigenvalue weighted by atomic mass is 10.0. The summed E-state index contributed by atoms with van der Waals surface area (Å²) in [4.78, 5) is 10.7. The van der Waals surface area contributed by atoms with Crippen molar-refractivity contribution in [2.24, 2.45) is 0 Å². The topological polar surface area (TPSA) is 28.4 Å². The molecule has 3 aromatic carbocycles. The van der Waals surface area contributed by atoms with Gasteiger partial charge in [0.15, 0.2) is 5.78 Å². The molecule has 4 aromatic rings. The summed E-state index contributed by atoms with van der Waals surface area (Å²) in [6, 6.07) is 27.9. The standard InChI is InChI=1S/C18H13Br2O.C8H7BrO.BF3.FH/c1-12-10-15(13-2-6-16(19)7-3-13)11-18(21-12)14-4-8-17(20)9-5-14;1-6(10)7-2-4-8(9)5-3-7;2-1(3)4;/h2-11H,1H3;2-5H,1H3;;1H/q+1;;;/p-1. The summed E-state index contributed by atoms with van der Waals surface area (Å²) in [6.45, 7) is 3.54. The van der Waals surface area contributed by atoms with Crippen molar-refractivity contribution in [2.75, 3.05) is 0 Å². The normalized spacial score (nSPS) is 9.56. The first-order valence-electron chi connectivity index (χ1n) is 10.2. The summed E-state index contributed by atoms with van der Waals surface area (Å²) in [5, 5.41) is 0. The summed E-state index contributed by atoms with van der Waals surface area (Å²) < 4.78 is 38.0. The largest absolute Gasteiger partial charge is 1.00 e. The maximum absolute atomic E-state index is 10.7. The fraction of sp³-hybridized carbons (Fsp3) is 0.0769. The highest BCUT2D eigenvalue weighted by molar-refractivity contribution is 9.11. The van der Waals surface area contributed by atoms with E-state index in [4.69, 9.17) is 4.42 Å². The van der Waals surface area contributed by atoms with Crippen LogP contribution >= 0.6 is 47.8 Å². The maximum Gasteiger partial charge on any atom is 0.762 e. The molecule has 0 radical (unpaired) electrons. The van der Waals surface area contributed by atoms with Gasteiger partial charge < -0.3 is 4.70 Å². The second-order valence-electron chi connectivity index (χ2n) is 7.15. The average Bonchev–Trinajstić information content (AvgIpc) is 2.80. The number of hydrogen-bond donors (Lipinski definition) is 0. The second-order valence-corrected chi connectivity index (χ2v) is 9.89. The Hall–Kier alpha value is -2.30. The zero-order valence-electron chi connectivity index (χ0n) is 19.1. The molecular formula is C26H20BBr3F4O2. The van der Waals surface area contributed by atoms with E-state index in [1.807, 2.05) is 55.5 Å². The molecule has 0 atom stereocenters. The van der Waals surface area contributed by atoms with Crippen molar-refractivity contribution in [3.8, 4) is 22.5 Å². The minimum atomic E-state index is -3.67. The van der Waals surface area contributed by atoms with Crippen molar-refractivity contribution in [3.63, 3.8) is 0 Å². The van der Waals surface area contributed by atoms with Gasteiger partial charge in [-0.1, -0.05) is 72.1 Å². The van der Waals surface area contributed by atoms with Crippen molar-refractivity contribution in [1.29, 1.82) is 0 Å². The smallest absolute Gasteiger partial charge is 0.762 e. The molecular weight excluding hydrogens is 671 g/mol. The van der Waals surface area contributed by atoms with Crippen LogP contribution in [0.25, 0.3) is 22.5 Å². The van der Waals surface area contributed by atoms with Gasteiger partial charge >= 0.3 is 19.1 Å². The van der Waals surface area contributed by atoms with E-state index in [0.29, 0.717) is 0 Å². The number of halogens is 7. The van der Waals surface area contributed by atoms with Crippen LogP contribution in [0.1, 0.15) is 23.0 Å². The van der Waals surface area contributed by atoms with Gasteiger partial charge in [-0.15, -0.1) is 0 Å². The van der Waals surface area contributed by atoms with Gasteiger partial charge in [0.2, 0.25) is 0 Å². The van der Waals surface area contributed by atoms with Crippen LogP contribution in [0.5, 0.6) is 0 Å². The van der Waals surface area contributed by atoms with E-state index in [-0.39, 0.29) is 10.5 Å². The molecule has 0 unspecified atom stereocenters. The Labute approximate surface area is 232 Å². The van der Waals surface area contributed by atoms with Crippen molar-refractivity contribution >= 4 is 61.1 Å². The molecule has 36 heavy (non-hydrogen) atoms. The van der Waals surface area contributed by atoms with Crippen LogP contribution in [0.4, 0.5) is 12.9 Å². The Balaban J connectivity index is 0.000000362. The lowest BCUT2D eigenvalue weighted by Gasteiger charge is -2.01. The van der Waals surface area contributed by atoms with Crippen LogP contribution in [-0.4, -0.2) is 13.3 Å². The quantitative estimate of drug-likeness (QED) is 0.0981. The highest BCUT2D eigenvalue weighted by Crippen LogP contribution is 2.29. The Morgan fingerprint density at radius 1 is 0.694 bits per heavy atom. The summed E-state index contributed by atoms with van der Waals surface area (Å²) >= 11 is 10.2. The van der Waals surface area contributed by atoms with Crippen LogP contribution in [0.2, 0.25) is 0 Å². The summed E-state index contributed by atoms with van der Waals surface area (Å²) in [6.07, 6.45) is 0. The van der Waals surface area contributed by atoms with Crippen molar-refractivity contribution in [2.45, 2.75) is 13.8 Å². The first-order chi connectivity index (χ1) is 16.5. The molecule has 0 bridgehead atoms. The third-order valence-corrected chi connectivity index (χ3v) is 6.06. The molecule has 2 nitrogen and oxygen atoms in total. The lowest BCUT2D eigenvalue weighted by molar-refractivity contribution is -0.0000180. The molecule has 4 rings (SSSR count). The molecule has 0 amide bonds. The number of aryl methyl sites for hydroxylation is 1. The highest BCUT2D eigenvalue weighted by atomic mass is 79.9. The molecule has 0 saturated heterocycles. The Morgan fingerprint density at radius 2 is 1.08 bits per heavy atom. The molecule has 188 valence electrons. The van der Waals surface area contributed by atoms with Crippen LogP contribution in [0, 0.1) is 6.92 Å². The Kier molecular flexibility index (Phi) is 13.9. The molecule has 0 spiro atoms. The van der Waals surface area contributed by atoms with Gasteiger partial charge in [0.1, 0.15) is 0 Å². The predicted octanol–water partition coefficient (Wildman–Crippen LogP) is 7.26. The molecule has 0 aliphatic carbocycles. The van der Waals surface area contributed by atoms with Gasteiger partial charge in [-0.25, -0.2) is 4.42 Å². The van der Waals surface area contributed by atoms with Gasteiger partial charge in [0.05, 0.1) is 18.6 Å². The minimum Gasteiger partial charge on any atom is -1.00 e. The maximum atomic E-state index is 10.7. The molecule has 0 aliphatic heterocycles. The first-order valence-corrected chi connectivity index (χ1v) is 12.6. The van der Waals surface area contributed by atoms with Crippen molar-refractivity contribution in [3.05, 3.63) is 110 Å². The van der Waals surface area contributed by atoms with Gasteiger partial charge in [-0.2, -0.15) is 0 Å². The van der Waals surface area contributed by atoms with Crippen molar-refractivity contribution in [1.82, 2.24) is 0 Å². The third-order valence-electron chi connectivity index (χ3n) is 4.47. The second kappa shape index (κ2) is 15.7. The monoisotopic (exact) mass is 688 g/mol. The molecule has 0 aliphatic rings.